The predicted octanol–water partition coefficient (Wildman–Crippen LogP) is 0.716. The number of ether oxygens (including phenoxy) is 1. The Hall–Kier alpha value is -1.88. The zero-order valence-corrected chi connectivity index (χ0v) is 11.0. The molecule has 1 fully saturated rings. The normalized spacial score (nSPS) is 30.6. The average Bonchev–Trinajstić information content (AvgIpc) is 2.42. The van der Waals surface area contributed by atoms with Crippen molar-refractivity contribution >= 4 is 11.9 Å². The van der Waals surface area contributed by atoms with Crippen LogP contribution in [0.3, 0.4) is 0 Å². The molecule has 1 aliphatic rings. The lowest BCUT2D eigenvalue weighted by Crippen LogP contribution is -2.62. The molecule has 0 unspecified atom stereocenters. The number of amides is 1. The van der Waals surface area contributed by atoms with E-state index in [0.717, 1.165) is 0 Å². The lowest BCUT2D eigenvalue weighted by Gasteiger charge is -2.41. The molecule has 0 saturated carbocycles. The van der Waals surface area contributed by atoms with Gasteiger partial charge in [0.15, 0.2) is 5.54 Å². The van der Waals surface area contributed by atoms with Crippen molar-refractivity contribution < 1.29 is 19.4 Å². The van der Waals surface area contributed by atoms with Gasteiger partial charge in [0, 0.05) is 0 Å². The molecule has 2 rings (SSSR count). The number of methoxy groups -OCH3 is 1. The second-order valence-corrected chi connectivity index (χ2v) is 4.99. The third kappa shape index (κ3) is 2.21. The Morgan fingerprint density at radius 1 is 1.32 bits per heavy atom. The molecule has 1 saturated heterocycles. The Bertz CT molecular complexity index is 497. The minimum absolute atomic E-state index is 0.197. The fourth-order valence-corrected chi connectivity index (χ4v) is 2.32. The van der Waals surface area contributed by atoms with Gasteiger partial charge in [-0.05, 0) is 25.3 Å². The van der Waals surface area contributed by atoms with Crippen molar-refractivity contribution in [1.82, 2.24) is 5.32 Å². The number of hydrogen-bond donors (Lipinski definition) is 2. The average molecular weight is 263 g/mol. The number of piperidine rings is 1. The van der Waals surface area contributed by atoms with E-state index in [1.54, 1.807) is 24.3 Å². The van der Waals surface area contributed by atoms with E-state index in [9.17, 15) is 14.7 Å². The maximum atomic E-state index is 12.1. The fourth-order valence-electron chi connectivity index (χ4n) is 2.32. The smallest absolute Gasteiger partial charge is 0.336 e. The number of esters is 1. The zero-order chi connectivity index (χ0) is 14.1. The topological polar surface area (TPSA) is 75.6 Å². The van der Waals surface area contributed by atoms with E-state index in [1.165, 1.54) is 14.0 Å². The first-order valence-corrected chi connectivity index (χ1v) is 6.11. The van der Waals surface area contributed by atoms with Crippen LogP contribution in [0.2, 0.25) is 0 Å². The number of hydrogen-bond acceptors (Lipinski definition) is 4. The van der Waals surface area contributed by atoms with Crippen LogP contribution in [0.4, 0.5) is 0 Å². The molecule has 0 bridgehead atoms. The summed E-state index contributed by atoms with van der Waals surface area (Å²) in [4.78, 5) is 24.1. The number of nitrogens with one attached hydrogen (secondary N) is 1. The van der Waals surface area contributed by atoms with Gasteiger partial charge in [-0.25, -0.2) is 4.79 Å². The molecule has 1 amide bonds. The summed E-state index contributed by atoms with van der Waals surface area (Å²) >= 11 is 0. The summed E-state index contributed by atoms with van der Waals surface area (Å²) in [6, 6.07) is 8.93. The van der Waals surface area contributed by atoms with Crippen LogP contribution in [0.5, 0.6) is 0 Å². The molecular formula is C14H17NO4. The summed E-state index contributed by atoms with van der Waals surface area (Å²) in [5.74, 6) is -1.09. The van der Waals surface area contributed by atoms with Gasteiger partial charge in [0.05, 0.1) is 7.11 Å². The van der Waals surface area contributed by atoms with Crippen molar-refractivity contribution in [2.75, 3.05) is 7.11 Å². The van der Waals surface area contributed by atoms with E-state index in [4.69, 9.17) is 4.74 Å². The van der Waals surface area contributed by atoms with Crippen LogP contribution in [-0.4, -0.2) is 29.7 Å². The van der Waals surface area contributed by atoms with Gasteiger partial charge < -0.3 is 15.2 Å². The molecule has 1 heterocycles. The first-order chi connectivity index (χ1) is 8.92. The van der Waals surface area contributed by atoms with Crippen molar-refractivity contribution in [1.29, 1.82) is 0 Å². The zero-order valence-electron chi connectivity index (χ0n) is 11.0. The molecule has 0 aliphatic carbocycles. The Morgan fingerprint density at radius 3 is 2.47 bits per heavy atom. The highest BCUT2D eigenvalue weighted by molar-refractivity contribution is 5.94. The second kappa shape index (κ2) is 4.66. The third-order valence-corrected chi connectivity index (χ3v) is 3.60. The minimum Gasteiger partial charge on any atom is -0.467 e. The van der Waals surface area contributed by atoms with E-state index < -0.39 is 23.0 Å². The molecule has 2 N–H and O–H groups in total. The molecule has 5 nitrogen and oxygen atoms in total. The Morgan fingerprint density at radius 2 is 1.95 bits per heavy atom. The molecule has 5 heteroatoms. The summed E-state index contributed by atoms with van der Waals surface area (Å²) in [5, 5.41) is 12.5. The summed E-state index contributed by atoms with van der Waals surface area (Å²) in [7, 11) is 1.28. The predicted molar refractivity (Wildman–Crippen MR) is 68.1 cm³/mol. The van der Waals surface area contributed by atoms with Gasteiger partial charge in [-0.1, -0.05) is 30.3 Å². The summed E-state index contributed by atoms with van der Waals surface area (Å²) in [5.41, 5.74) is -2.01. The van der Waals surface area contributed by atoms with Crippen LogP contribution < -0.4 is 5.32 Å². The first kappa shape index (κ1) is 13.5. The van der Waals surface area contributed by atoms with Crippen molar-refractivity contribution in [3.63, 3.8) is 0 Å². The molecule has 1 aromatic carbocycles. The largest absolute Gasteiger partial charge is 0.467 e. The van der Waals surface area contributed by atoms with Gasteiger partial charge in [0.25, 0.3) is 5.91 Å². The minimum atomic E-state index is -1.45. The number of carbonyl (C=O) groups is 2. The van der Waals surface area contributed by atoms with Crippen molar-refractivity contribution in [2.24, 2.45) is 0 Å². The van der Waals surface area contributed by atoms with Gasteiger partial charge >= 0.3 is 5.97 Å². The highest BCUT2D eigenvalue weighted by Crippen LogP contribution is 2.35. The third-order valence-electron chi connectivity index (χ3n) is 3.60. The fraction of sp³-hybridized carbons (Fsp3) is 0.429. The van der Waals surface area contributed by atoms with Crippen LogP contribution in [0.25, 0.3) is 0 Å². The first-order valence-electron chi connectivity index (χ1n) is 6.11. The number of benzene rings is 1. The molecular weight excluding hydrogens is 246 g/mol. The molecule has 19 heavy (non-hydrogen) atoms. The SMILES string of the molecule is COC(=O)[C@]1(c2ccccc2)CC[C@](C)(O)C(=O)N1. The van der Waals surface area contributed by atoms with Gasteiger partial charge in [0.2, 0.25) is 0 Å². The standard InChI is InChI=1S/C14H17NO4/c1-13(18)8-9-14(12(17)19-2,15-11(13)16)10-6-4-3-5-7-10/h3-7,18H,8-9H2,1-2H3,(H,15,16)/t13-,14+/m0/s1. The molecule has 2 atom stereocenters. The molecule has 0 aromatic heterocycles. The molecule has 1 aromatic rings. The van der Waals surface area contributed by atoms with Crippen LogP contribution in [0.15, 0.2) is 30.3 Å². The molecule has 1 aliphatic heterocycles. The number of aliphatic hydroxyl groups is 1. The van der Waals surface area contributed by atoms with Crippen LogP contribution >= 0.6 is 0 Å². The highest BCUT2D eigenvalue weighted by Gasteiger charge is 2.51. The lowest BCUT2D eigenvalue weighted by atomic mass is 9.77. The van der Waals surface area contributed by atoms with E-state index in [2.05, 4.69) is 5.32 Å². The van der Waals surface area contributed by atoms with E-state index >= 15 is 0 Å². The van der Waals surface area contributed by atoms with E-state index in [0.29, 0.717) is 12.0 Å². The molecule has 0 spiro atoms. The number of carbonyl (C=O) groups excluding carboxylic acids is 2. The van der Waals surface area contributed by atoms with Crippen LogP contribution in [0.1, 0.15) is 25.3 Å². The Labute approximate surface area is 111 Å². The quantitative estimate of drug-likeness (QED) is 0.771. The van der Waals surface area contributed by atoms with Crippen LogP contribution in [0, 0.1) is 0 Å². The summed E-state index contributed by atoms with van der Waals surface area (Å²) in [6.07, 6.45) is 0.491. The lowest BCUT2D eigenvalue weighted by molar-refractivity contribution is -0.161. The van der Waals surface area contributed by atoms with E-state index in [-0.39, 0.29) is 6.42 Å². The van der Waals surface area contributed by atoms with Crippen LogP contribution in [-0.2, 0) is 19.9 Å². The summed E-state index contributed by atoms with van der Waals surface area (Å²) in [6.45, 7) is 1.44. The van der Waals surface area contributed by atoms with E-state index in [1.807, 2.05) is 6.07 Å². The Kier molecular flexibility index (Phi) is 3.32. The van der Waals surface area contributed by atoms with Gasteiger partial charge in [-0.2, -0.15) is 0 Å². The molecule has 0 radical (unpaired) electrons. The number of rotatable bonds is 2. The molecule has 102 valence electrons. The monoisotopic (exact) mass is 263 g/mol. The second-order valence-electron chi connectivity index (χ2n) is 4.99. The maximum Gasteiger partial charge on any atom is 0.336 e. The van der Waals surface area contributed by atoms with Gasteiger partial charge in [0.1, 0.15) is 5.60 Å². The summed E-state index contributed by atoms with van der Waals surface area (Å²) < 4.78 is 4.83. The Balaban J connectivity index is 2.44. The van der Waals surface area contributed by atoms with Crippen molar-refractivity contribution in [3.05, 3.63) is 35.9 Å². The van der Waals surface area contributed by atoms with Crippen molar-refractivity contribution in [2.45, 2.75) is 30.9 Å². The maximum absolute atomic E-state index is 12.1. The van der Waals surface area contributed by atoms with Gasteiger partial charge in [-0.15, -0.1) is 0 Å². The van der Waals surface area contributed by atoms with Crippen molar-refractivity contribution in [3.8, 4) is 0 Å². The van der Waals surface area contributed by atoms with Gasteiger partial charge in [-0.3, -0.25) is 4.79 Å². The highest BCUT2D eigenvalue weighted by atomic mass is 16.5.